The van der Waals surface area contributed by atoms with Crippen molar-refractivity contribution in [2.24, 2.45) is 0 Å². The topological polar surface area (TPSA) is 77.8 Å². The minimum atomic E-state index is -5.12. The molecule has 0 atom stereocenters. The zero-order valence-electron chi connectivity index (χ0n) is 4.20. The van der Waals surface area contributed by atoms with E-state index in [-0.39, 0.29) is 70.3 Å². The van der Waals surface area contributed by atoms with Crippen LogP contribution in [0.25, 0.3) is 0 Å². The third-order valence-electron chi connectivity index (χ3n) is 0. The Balaban J connectivity index is -0.0000000800. The molecule has 0 unspecified atom stereocenters. The molecular formula is H4AsCsO4. The quantitative estimate of drug-likeness (QED) is 0.387. The monoisotopic (exact) mass is 276 g/mol. The second kappa shape index (κ2) is 4.20. The van der Waals surface area contributed by atoms with Gasteiger partial charge in [0.25, 0.3) is 0 Å². The van der Waals surface area contributed by atoms with Gasteiger partial charge in [-0.25, -0.2) is 0 Å². The molecule has 0 radical (unpaired) electrons. The predicted molar refractivity (Wildman–Crippen MR) is 14.2 cm³/mol. The van der Waals surface area contributed by atoms with Crippen molar-refractivity contribution in [3.8, 4) is 0 Å². The standard InChI is InChI=1S/AsH3O4.Cs.H/c2-1(3,4)5;;/h(H3,2,3,4,5);;/q;+1;-1. The van der Waals surface area contributed by atoms with Crippen LogP contribution in [-0.4, -0.2) is 26.8 Å². The van der Waals surface area contributed by atoms with Crippen LogP contribution in [0.4, 0.5) is 0 Å². The molecule has 0 saturated heterocycles. The molecule has 0 aliphatic rings. The van der Waals surface area contributed by atoms with E-state index in [4.69, 9.17) is 16.0 Å². The van der Waals surface area contributed by atoms with Gasteiger partial charge in [0, 0.05) is 0 Å². The van der Waals surface area contributed by atoms with Crippen molar-refractivity contribution in [2.45, 2.75) is 0 Å². The van der Waals surface area contributed by atoms with Gasteiger partial charge < -0.3 is 1.43 Å². The molecule has 0 spiro atoms. The molecule has 6 heteroatoms. The van der Waals surface area contributed by atoms with Crippen molar-refractivity contribution < 1.29 is 86.3 Å². The molecule has 34 valence electrons. The van der Waals surface area contributed by atoms with Gasteiger partial charge in [-0.1, -0.05) is 0 Å². The van der Waals surface area contributed by atoms with Gasteiger partial charge in [0.15, 0.2) is 0 Å². The second-order valence-corrected chi connectivity index (χ2v) is 2.67. The Morgan fingerprint density at radius 2 is 1.33 bits per heavy atom. The molecule has 0 aliphatic heterocycles. The Labute approximate surface area is 98.2 Å². The van der Waals surface area contributed by atoms with Gasteiger partial charge in [0.1, 0.15) is 0 Å². The normalized spacial score (nSPS) is 9.83. The Hall–Kier alpha value is 2.29. The van der Waals surface area contributed by atoms with E-state index in [1.54, 1.807) is 0 Å². The fourth-order valence-corrected chi connectivity index (χ4v) is 0. The van der Waals surface area contributed by atoms with E-state index in [1.165, 1.54) is 0 Å². The van der Waals surface area contributed by atoms with E-state index < -0.39 is 14.5 Å². The Bertz CT molecular complexity index is 57.8. The van der Waals surface area contributed by atoms with Gasteiger partial charge in [0.05, 0.1) is 0 Å². The maximum Gasteiger partial charge on any atom is 1.00 e. The summed E-state index contributed by atoms with van der Waals surface area (Å²) in [6, 6.07) is 0. The maximum absolute atomic E-state index is 8.94. The molecule has 0 saturated carbocycles. The molecule has 0 fully saturated rings. The number of hydrogen-bond donors (Lipinski definition) is 3. The van der Waals surface area contributed by atoms with Crippen LogP contribution in [0.3, 0.4) is 0 Å². The molecule has 0 heterocycles. The van der Waals surface area contributed by atoms with Crippen LogP contribution >= 0.6 is 0 Å². The SMILES string of the molecule is O=[As](O)(O)O.[Cs+].[H-]. The molecule has 0 rings (SSSR count). The van der Waals surface area contributed by atoms with Crippen LogP contribution in [0.5, 0.6) is 0 Å². The molecule has 0 amide bonds. The predicted octanol–water partition coefficient (Wildman–Crippen LogP) is -5.05. The summed E-state index contributed by atoms with van der Waals surface area (Å²) in [4.78, 5) is 0. The third kappa shape index (κ3) is 33.6. The van der Waals surface area contributed by atoms with Crippen molar-refractivity contribution in [2.75, 3.05) is 0 Å². The van der Waals surface area contributed by atoms with Crippen LogP contribution < -0.4 is 68.9 Å². The zero-order chi connectivity index (χ0) is 4.50. The zero-order valence-corrected chi connectivity index (χ0v) is 11.4. The summed E-state index contributed by atoms with van der Waals surface area (Å²) in [6.45, 7) is 0. The van der Waals surface area contributed by atoms with E-state index in [1.807, 2.05) is 0 Å². The van der Waals surface area contributed by atoms with Crippen LogP contribution in [0, 0.1) is 0 Å². The average Bonchev–Trinajstić information content (AvgIpc) is 0.722. The molecule has 0 aromatic rings. The van der Waals surface area contributed by atoms with E-state index >= 15 is 0 Å². The molecule has 0 aromatic heterocycles. The maximum atomic E-state index is 8.94. The molecule has 3 N–H and O–H groups in total. The van der Waals surface area contributed by atoms with Gasteiger partial charge in [-0.2, -0.15) is 0 Å². The fraction of sp³-hybridized carbons (Fsp3) is 0. The molecule has 0 aliphatic carbocycles. The molecular weight excluding hydrogens is 272 g/mol. The van der Waals surface area contributed by atoms with E-state index in [2.05, 4.69) is 0 Å². The largest absolute Gasteiger partial charge is 1.00 e. The van der Waals surface area contributed by atoms with Crippen LogP contribution in [0.2, 0.25) is 0 Å². The number of rotatable bonds is 0. The van der Waals surface area contributed by atoms with Crippen molar-refractivity contribution >= 4 is 14.5 Å². The van der Waals surface area contributed by atoms with Crippen molar-refractivity contribution in [3.05, 3.63) is 0 Å². The Morgan fingerprint density at radius 3 is 1.33 bits per heavy atom. The minimum Gasteiger partial charge on any atom is -1.00 e. The second-order valence-electron chi connectivity index (χ2n) is 0.513. The summed E-state index contributed by atoms with van der Waals surface area (Å²) in [5.41, 5.74) is 0. The first kappa shape index (κ1) is 11.1. The van der Waals surface area contributed by atoms with E-state index in [0.717, 1.165) is 0 Å². The van der Waals surface area contributed by atoms with Crippen molar-refractivity contribution in [1.29, 1.82) is 0 Å². The minimum absolute atomic E-state index is 0. The first-order valence-corrected chi connectivity index (χ1v) is 4.07. The number of hydrogen-bond acceptors (Lipinski definition) is 1. The summed E-state index contributed by atoms with van der Waals surface area (Å²) < 4.78 is 30.7. The molecule has 0 bridgehead atoms. The van der Waals surface area contributed by atoms with Crippen LogP contribution in [0.15, 0.2) is 0 Å². The van der Waals surface area contributed by atoms with Crippen LogP contribution in [0.1, 0.15) is 1.43 Å². The van der Waals surface area contributed by atoms with Crippen molar-refractivity contribution in [3.63, 3.8) is 0 Å². The van der Waals surface area contributed by atoms with Gasteiger partial charge in [-0.15, -0.1) is 0 Å². The third-order valence-corrected chi connectivity index (χ3v) is 0. The van der Waals surface area contributed by atoms with Crippen LogP contribution in [-0.2, 0) is 3.74 Å². The van der Waals surface area contributed by atoms with E-state index in [9.17, 15) is 0 Å². The summed E-state index contributed by atoms with van der Waals surface area (Å²) in [5.74, 6) is 0. The first-order chi connectivity index (χ1) is 2.00. The summed E-state index contributed by atoms with van der Waals surface area (Å²) >= 11 is -5.12. The Kier molecular flexibility index (Phi) is 7.79. The summed E-state index contributed by atoms with van der Waals surface area (Å²) in [6.07, 6.45) is 0. The smallest absolute Gasteiger partial charge is 1.00 e. The average molecular weight is 276 g/mol. The Morgan fingerprint density at radius 1 is 1.33 bits per heavy atom. The van der Waals surface area contributed by atoms with Gasteiger partial charge in [-0.3, -0.25) is 0 Å². The van der Waals surface area contributed by atoms with Gasteiger partial charge in [-0.05, 0) is 0 Å². The summed E-state index contributed by atoms with van der Waals surface area (Å²) in [7, 11) is 0. The molecule has 4 nitrogen and oxygen atoms in total. The summed E-state index contributed by atoms with van der Waals surface area (Å²) in [5, 5.41) is 0. The molecule has 6 heavy (non-hydrogen) atoms. The fourth-order valence-electron chi connectivity index (χ4n) is 0. The van der Waals surface area contributed by atoms with Gasteiger partial charge >= 0.3 is 99.4 Å². The van der Waals surface area contributed by atoms with Crippen molar-refractivity contribution in [1.82, 2.24) is 0 Å². The van der Waals surface area contributed by atoms with Gasteiger partial charge in [0.2, 0.25) is 0 Å². The first-order valence-electron chi connectivity index (χ1n) is 0.783. The molecule has 0 aromatic carbocycles. The van der Waals surface area contributed by atoms with E-state index in [0.29, 0.717) is 0 Å².